The highest BCUT2D eigenvalue weighted by Crippen LogP contribution is 2.37. The second-order valence-electron chi connectivity index (χ2n) is 6.70. The van der Waals surface area contributed by atoms with Gasteiger partial charge in [0.15, 0.2) is 0 Å². The quantitative estimate of drug-likeness (QED) is 0.427. The van der Waals surface area contributed by atoms with Gasteiger partial charge in [-0.15, -0.1) is 0 Å². The summed E-state index contributed by atoms with van der Waals surface area (Å²) >= 11 is 0. The van der Waals surface area contributed by atoms with E-state index in [4.69, 9.17) is 9.84 Å². The molecule has 3 nitrogen and oxygen atoms in total. The van der Waals surface area contributed by atoms with Gasteiger partial charge >= 0.3 is 5.97 Å². The second kappa shape index (κ2) is 8.44. The third-order valence-corrected chi connectivity index (χ3v) is 4.78. The summed E-state index contributed by atoms with van der Waals surface area (Å²) in [5, 5.41) is 9.15. The van der Waals surface area contributed by atoms with Gasteiger partial charge in [-0.05, 0) is 40.5 Å². The van der Waals surface area contributed by atoms with Gasteiger partial charge in [0.1, 0.15) is 12.4 Å². The van der Waals surface area contributed by atoms with Crippen LogP contribution in [-0.4, -0.2) is 11.1 Å². The van der Waals surface area contributed by atoms with E-state index < -0.39 is 5.97 Å². The van der Waals surface area contributed by atoms with Crippen molar-refractivity contribution in [3.63, 3.8) is 0 Å². The van der Waals surface area contributed by atoms with Crippen molar-refractivity contribution in [3.8, 4) is 28.0 Å². The number of carboxylic acids is 1. The Kier molecular flexibility index (Phi) is 5.39. The number of carbonyl (C=O) groups is 1. The average Bonchev–Trinajstić information content (AvgIpc) is 2.79. The maximum absolute atomic E-state index is 11.2. The van der Waals surface area contributed by atoms with Crippen LogP contribution in [0.25, 0.3) is 22.3 Å². The Bertz CT molecular complexity index is 1120. The van der Waals surface area contributed by atoms with Crippen LogP contribution < -0.4 is 4.74 Å². The van der Waals surface area contributed by atoms with Crippen LogP contribution in [0.1, 0.15) is 15.9 Å². The zero-order valence-electron chi connectivity index (χ0n) is 15.8. The first-order valence-electron chi connectivity index (χ1n) is 9.41. The zero-order valence-corrected chi connectivity index (χ0v) is 15.8. The predicted molar refractivity (Wildman–Crippen MR) is 115 cm³/mol. The lowest BCUT2D eigenvalue weighted by Crippen LogP contribution is -1.97. The Morgan fingerprint density at radius 2 is 1.24 bits per heavy atom. The number of para-hydroxylation sites is 1. The molecule has 4 aromatic carbocycles. The molecular weight excluding hydrogens is 360 g/mol. The van der Waals surface area contributed by atoms with Crippen LogP contribution in [0.4, 0.5) is 0 Å². The van der Waals surface area contributed by atoms with E-state index >= 15 is 0 Å². The van der Waals surface area contributed by atoms with Crippen LogP contribution in [-0.2, 0) is 6.61 Å². The van der Waals surface area contributed by atoms with Crippen molar-refractivity contribution in [1.29, 1.82) is 0 Å². The lowest BCUT2D eigenvalue weighted by Gasteiger charge is -2.15. The summed E-state index contributed by atoms with van der Waals surface area (Å²) in [5.41, 5.74) is 5.42. The van der Waals surface area contributed by atoms with Crippen molar-refractivity contribution < 1.29 is 14.6 Å². The maximum Gasteiger partial charge on any atom is 0.335 e. The molecule has 1 N–H and O–H groups in total. The van der Waals surface area contributed by atoms with E-state index in [-0.39, 0.29) is 5.56 Å². The number of carboxylic acid groups (broad SMARTS) is 1. The molecule has 0 radical (unpaired) electrons. The molecule has 0 saturated carbocycles. The van der Waals surface area contributed by atoms with Crippen LogP contribution in [0.15, 0.2) is 103 Å². The van der Waals surface area contributed by atoms with E-state index in [0.717, 1.165) is 33.6 Å². The molecule has 0 aliphatic rings. The highest BCUT2D eigenvalue weighted by atomic mass is 16.5. The first kappa shape index (κ1) is 18.5. The number of aromatic carboxylic acids is 1. The molecule has 0 heterocycles. The first-order valence-corrected chi connectivity index (χ1v) is 9.41. The normalized spacial score (nSPS) is 10.5. The zero-order chi connectivity index (χ0) is 20.1. The monoisotopic (exact) mass is 380 g/mol. The molecule has 4 rings (SSSR count). The van der Waals surface area contributed by atoms with Crippen molar-refractivity contribution in [2.45, 2.75) is 6.61 Å². The Morgan fingerprint density at radius 1 is 0.655 bits per heavy atom. The van der Waals surface area contributed by atoms with Crippen LogP contribution in [0, 0.1) is 0 Å². The summed E-state index contributed by atoms with van der Waals surface area (Å²) in [6.45, 7) is 0.493. The minimum Gasteiger partial charge on any atom is -0.488 e. The van der Waals surface area contributed by atoms with Gasteiger partial charge < -0.3 is 9.84 Å². The van der Waals surface area contributed by atoms with E-state index in [1.807, 2.05) is 84.9 Å². The Balaban J connectivity index is 1.70. The molecule has 29 heavy (non-hydrogen) atoms. The molecule has 3 heteroatoms. The molecule has 0 amide bonds. The lowest BCUT2D eigenvalue weighted by atomic mass is 9.93. The average molecular weight is 380 g/mol. The molecule has 0 atom stereocenters. The van der Waals surface area contributed by atoms with Crippen LogP contribution >= 0.6 is 0 Å². The Morgan fingerprint density at radius 3 is 1.93 bits per heavy atom. The Labute approximate surface area is 169 Å². The van der Waals surface area contributed by atoms with Crippen molar-refractivity contribution in [1.82, 2.24) is 0 Å². The topological polar surface area (TPSA) is 46.5 Å². The molecule has 0 aromatic heterocycles. The molecule has 0 aliphatic heterocycles. The van der Waals surface area contributed by atoms with Gasteiger partial charge in [0, 0.05) is 5.56 Å². The van der Waals surface area contributed by atoms with E-state index in [1.165, 1.54) is 0 Å². The largest absolute Gasteiger partial charge is 0.488 e. The highest BCUT2D eigenvalue weighted by molar-refractivity contribution is 5.90. The molecule has 4 aromatic rings. The molecule has 0 fully saturated rings. The van der Waals surface area contributed by atoms with Gasteiger partial charge in [-0.2, -0.15) is 0 Å². The van der Waals surface area contributed by atoms with Gasteiger partial charge in [0.25, 0.3) is 0 Å². The predicted octanol–water partition coefficient (Wildman–Crippen LogP) is 6.30. The molecule has 142 valence electrons. The summed E-state index contributed by atoms with van der Waals surface area (Å²) < 4.78 is 6.14. The van der Waals surface area contributed by atoms with Gasteiger partial charge in [-0.3, -0.25) is 0 Å². The maximum atomic E-state index is 11.2. The fraction of sp³-hybridized carbons (Fsp3) is 0.0385. The van der Waals surface area contributed by atoms with E-state index in [2.05, 4.69) is 6.07 Å². The molecular formula is C26H20O3. The first-order chi connectivity index (χ1) is 14.2. The van der Waals surface area contributed by atoms with Gasteiger partial charge in [-0.1, -0.05) is 84.9 Å². The van der Waals surface area contributed by atoms with Gasteiger partial charge in [-0.25, -0.2) is 4.79 Å². The number of hydrogen-bond acceptors (Lipinski definition) is 2. The molecule has 0 unspecified atom stereocenters. The van der Waals surface area contributed by atoms with E-state index in [9.17, 15) is 4.79 Å². The summed E-state index contributed by atoms with van der Waals surface area (Å²) in [5.74, 6) is -0.115. The number of ether oxygens (including phenoxy) is 1. The minimum absolute atomic E-state index is 0.276. The highest BCUT2D eigenvalue weighted by Gasteiger charge is 2.12. The fourth-order valence-electron chi connectivity index (χ4n) is 3.31. The smallest absolute Gasteiger partial charge is 0.335 e. The lowest BCUT2D eigenvalue weighted by molar-refractivity contribution is 0.0697. The number of rotatable bonds is 6. The molecule has 0 saturated heterocycles. The molecule has 0 aliphatic carbocycles. The molecule has 0 spiro atoms. The van der Waals surface area contributed by atoms with Crippen LogP contribution in [0.2, 0.25) is 0 Å². The van der Waals surface area contributed by atoms with Crippen LogP contribution in [0.5, 0.6) is 5.75 Å². The van der Waals surface area contributed by atoms with E-state index in [1.54, 1.807) is 12.1 Å². The van der Waals surface area contributed by atoms with Crippen molar-refractivity contribution >= 4 is 5.97 Å². The number of hydrogen-bond donors (Lipinski definition) is 1. The fourth-order valence-corrected chi connectivity index (χ4v) is 3.31. The van der Waals surface area contributed by atoms with E-state index in [0.29, 0.717) is 6.61 Å². The van der Waals surface area contributed by atoms with Gasteiger partial charge in [0.2, 0.25) is 0 Å². The summed E-state index contributed by atoms with van der Waals surface area (Å²) in [6.07, 6.45) is 0. The second-order valence-corrected chi connectivity index (χ2v) is 6.70. The van der Waals surface area contributed by atoms with Crippen molar-refractivity contribution in [3.05, 3.63) is 114 Å². The number of benzene rings is 4. The minimum atomic E-state index is -0.926. The van der Waals surface area contributed by atoms with Crippen LogP contribution in [0.3, 0.4) is 0 Å². The summed E-state index contributed by atoms with van der Waals surface area (Å²) in [6, 6.07) is 33.1. The SMILES string of the molecule is O=C(O)c1ccc(-c2ccccc2-c2ccccc2OCc2ccccc2)cc1. The third kappa shape index (κ3) is 4.19. The van der Waals surface area contributed by atoms with Gasteiger partial charge in [0.05, 0.1) is 5.56 Å². The summed E-state index contributed by atoms with van der Waals surface area (Å²) in [7, 11) is 0. The van der Waals surface area contributed by atoms with Crippen molar-refractivity contribution in [2.75, 3.05) is 0 Å². The summed E-state index contributed by atoms with van der Waals surface area (Å²) in [4.78, 5) is 11.2. The standard InChI is InChI=1S/C26H20O3/c27-26(28)21-16-14-20(15-17-21)22-10-4-5-11-23(22)24-12-6-7-13-25(24)29-18-19-8-2-1-3-9-19/h1-17H,18H2,(H,27,28). The Hall–Kier alpha value is -3.85. The third-order valence-electron chi connectivity index (χ3n) is 4.78. The molecule has 0 bridgehead atoms. The van der Waals surface area contributed by atoms with Crippen molar-refractivity contribution in [2.24, 2.45) is 0 Å².